The van der Waals surface area contributed by atoms with Crippen LogP contribution < -0.4 is 10.6 Å². The van der Waals surface area contributed by atoms with E-state index < -0.39 is 0 Å². The zero-order chi connectivity index (χ0) is 16.8. The SMILES string of the molecule is COCc1cc(NC(=O)c2ccc(CC3CCNC3)cc2)ncn1. The predicted octanol–water partition coefficient (Wildman–Crippen LogP) is 2.03. The first-order chi connectivity index (χ1) is 11.7. The summed E-state index contributed by atoms with van der Waals surface area (Å²) in [6, 6.07) is 9.50. The summed E-state index contributed by atoms with van der Waals surface area (Å²) < 4.78 is 5.03. The fourth-order valence-electron chi connectivity index (χ4n) is 2.90. The molecule has 1 saturated heterocycles. The minimum absolute atomic E-state index is 0.175. The summed E-state index contributed by atoms with van der Waals surface area (Å²) in [7, 11) is 1.60. The number of hydrogen-bond donors (Lipinski definition) is 2. The average Bonchev–Trinajstić information content (AvgIpc) is 3.09. The van der Waals surface area contributed by atoms with Gasteiger partial charge in [-0.2, -0.15) is 0 Å². The quantitative estimate of drug-likeness (QED) is 0.849. The van der Waals surface area contributed by atoms with Gasteiger partial charge in [0.25, 0.3) is 5.91 Å². The summed E-state index contributed by atoms with van der Waals surface area (Å²) in [6.07, 6.45) is 3.70. The molecule has 1 fully saturated rings. The molecule has 0 radical (unpaired) electrons. The molecule has 2 aromatic rings. The molecule has 6 heteroatoms. The summed E-state index contributed by atoms with van der Waals surface area (Å²) in [5, 5.41) is 6.17. The number of carbonyl (C=O) groups excluding carboxylic acids is 1. The van der Waals surface area contributed by atoms with Crippen LogP contribution in [-0.4, -0.2) is 36.1 Å². The molecule has 0 saturated carbocycles. The molecule has 24 heavy (non-hydrogen) atoms. The minimum Gasteiger partial charge on any atom is -0.378 e. The molecule has 2 heterocycles. The normalized spacial score (nSPS) is 17.0. The molecule has 1 aliphatic rings. The van der Waals surface area contributed by atoms with Crippen LogP contribution in [0.25, 0.3) is 0 Å². The monoisotopic (exact) mass is 326 g/mol. The van der Waals surface area contributed by atoms with E-state index in [0.29, 0.717) is 23.9 Å². The molecule has 1 aliphatic heterocycles. The van der Waals surface area contributed by atoms with E-state index in [4.69, 9.17) is 4.74 Å². The molecular formula is C18H22N4O2. The van der Waals surface area contributed by atoms with Crippen molar-refractivity contribution in [2.75, 3.05) is 25.5 Å². The highest BCUT2D eigenvalue weighted by molar-refractivity contribution is 6.03. The first-order valence-electron chi connectivity index (χ1n) is 8.15. The maximum absolute atomic E-state index is 12.3. The predicted molar refractivity (Wildman–Crippen MR) is 91.8 cm³/mol. The van der Waals surface area contributed by atoms with Crippen molar-refractivity contribution in [1.82, 2.24) is 15.3 Å². The molecule has 1 aromatic heterocycles. The summed E-state index contributed by atoms with van der Waals surface area (Å²) in [4.78, 5) is 20.5. The number of nitrogens with zero attached hydrogens (tertiary/aromatic N) is 2. The van der Waals surface area contributed by atoms with Crippen molar-refractivity contribution in [2.24, 2.45) is 5.92 Å². The van der Waals surface area contributed by atoms with Gasteiger partial charge in [-0.3, -0.25) is 4.79 Å². The molecule has 3 rings (SSSR count). The van der Waals surface area contributed by atoms with Crippen molar-refractivity contribution in [1.29, 1.82) is 0 Å². The van der Waals surface area contributed by atoms with Crippen LogP contribution in [0.5, 0.6) is 0 Å². The smallest absolute Gasteiger partial charge is 0.256 e. The highest BCUT2D eigenvalue weighted by atomic mass is 16.5. The number of rotatable bonds is 6. The lowest BCUT2D eigenvalue weighted by molar-refractivity contribution is 0.102. The molecule has 6 nitrogen and oxygen atoms in total. The zero-order valence-corrected chi connectivity index (χ0v) is 13.8. The van der Waals surface area contributed by atoms with Crippen LogP contribution in [-0.2, 0) is 17.8 Å². The Bertz CT molecular complexity index is 682. The molecule has 0 bridgehead atoms. The number of ether oxygens (including phenoxy) is 1. The van der Waals surface area contributed by atoms with Crippen LogP contribution in [0.2, 0.25) is 0 Å². The Morgan fingerprint density at radius 2 is 2.17 bits per heavy atom. The van der Waals surface area contributed by atoms with Crippen LogP contribution in [0, 0.1) is 5.92 Å². The van der Waals surface area contributed by atoms with Gasteiger partial charge in [-0.25, -0.2) is 9.97 Å². The summed E-state index contributed by atoms with van der Waals surface area (Å²) >= 11 is 0. The largest absolute Gasteiger partial charge is 0.378 e. The number of methoxy groups -OCH3 is 1. The number of anilines is 1. The van der Waals surface area contributed by atoms with Crippen LogP contribution in [0.15, 0.2) is 36.7 Å². The summed E-state index contributed by atoms with van der Waals surface area (Å²) in [6.45, 7) is 2.57. The highest BCUT2D eigenvalue weighted by Crippen LogP contribution is 2.16. The molecule has 0 aliphatic carbocycles. The van der Waals surface area contributed by atoms with Gasteiger partial charge in [0.2, 0.25) is 0 Å². The summed E-state index contributed by atoms with van der Waals surface area (Å²) in [5.74, 6) is 0.999. The van der Waals surface area contributed by atoms with Crippen LogP contribution in [0.4, 0.5) is 5.82 Å². The molecule has 126 valence electrons. The van der Waals surface area contributed by atoms with Crippen molar-refractivity contribution in [3.63, 3.8) is 0 Å². The number of amides is 1. The van der Waals surface area contributed by atoms with Crippen molar-refractivity contribution < 1.29 is 9.53 Å². The lowest BCUT2D eigenvalue weighted by Gasteiger charge is -2.09. The fourth-order valence-corrected chi connectivity index (χ4v) is 2.90. The number of hydrogen-bond acceptors (Lipinski definition) is 5. The Morgan fingerprint density at radius 3 is 2.88 bits per heavy atom. The van der Waals surface area contributed by atoms with E-state index in [-0.39, 0.29) is 5.91 Å². The second kappa shape index (κ2) is 7.99. The number of benzene rings is 1. The van der Waals surface area contributed by atoms with Crippen LogP contribution >= 0.6 is 0 Å². The van der Waals surface area contributed by atoms with Crippen LogP contribution in [0.1, 0.15) is 28.0 Å². The lowest BCUT2D eigenvalue weighted by atomic mass is 9.98. The Hall–Kier alpha value is -2.31. The first kappa shape index (κ1) is 16.5. The number of carbonyl (C=O) groups is 1. The van der Waals surface area contributed by atoms with E-state index in [1.54, 1.807) is 13.2 Å². The third-order valence-electron chi connectivity index (χ3n) is 4.16. The molecule has 1 aromatic carbocycles. The van der Waals surface area contributed by atoms with Gasteiger partial charge in [0.15, 0.2) is 0 Å². The minimum atomic E-state index is -0.175. The van der Waals surface area contributed by atoms with Crippen molar-refractivity contribution in [2.45, 2.75) is 19.4 Å². The van der Waals surface area contributed by atoms with Gasteiger partial charge in [-0.1, -0.05) is 12.1 Å². The highest BCUT2D eigenvalue weighted by Gasteiger charge is 2.15. The molecule has 2 N–H and O–H groups in total. The second-order valence-electron chi connectivity index (χ2n) is 6.04. The zero-order valence-electron chi connectivity index (χ0n) is 13.8. The molecule has 0 spiro atoms. The Kier molecular flexibility index (Phi) is 5.51. The van der Waals surface area contributed by atoms with Gasteiger partial charge in [-0.05, 0) is 49.5 Å². The Balaban J connectivity index is 1.61. The van der Waals surface area contributed by atoms with Crippen LogP contribution in [0.3, 0.4) is 0 Å². The van der Waals surface area contributed by atoms with Gasteiger partial charge in [0, 0.05) is 18.7 Å². The molecular weight excluding hydrogens is 304 g/mol. The van der Waals surface area contributed by atoms with Gasteiger partial charge in [-0.15, -0.1) is 0 Å². The second-order valence-corrected chi connectivity index (χ2v) is 6.04. The maximum atomic E-state index is 12.3. The van der Waals surface area contributed by atoms with Crippen molar-refractivity contribution in [3.8, 4) is 0 Å². The van der Waals surface area contributed by atoms with Gasteiger partial charge in [0.05, 0.1) is 12.3 Å². The fraction of sp³-hybridized carbons (Fsp3) is 0.389. The van der Waals surface area contributed by atoms with E-state index in [0.717, 1.165) is 25.2 Å². The standard InChI is InChI=1S/C18H22N4O2/c1-24-11-16-9-17(21-12-20-16)22-18(23)15-4-2-13(3-5-15)8-14-6-7-19-10-14/h2-5,9,12,14,19H,6-8,10-11H2,1H3,(H,20,21,22,23). The van der Waals surface area contributed by atoms with Crippen molar-refractivity contribution in [3.05, 3.63) is 53.5 Å². The van der Waals surface area contributed by atoms with Gasteiger partial charge < -0.3 is 15.4 Å². The first-order valence-corrected chi connectivity index (χ1v) is 8.15. The van der Waals surface area contributed by atoms with Crippen molar-refractivity contribution >= 4 is 11.7 Å². The molecule has 1 amide bonds. The average molecular weight is 326 g/mol. The van der Waals surface area contributed by atoms with E-state index in [9.17, 15) is 4.79 Å². The third-order valence-corrected chi connectivity index (χ3v) is 4.16. The molecule has 1 unspecified atom stereocenters. The van der Waals surface area contributed by atoms with E-state index in [2.05, 4.69) is 20.6 Å². The maximum Gasteiger partial charge on any atom is 0.256 e. The summed E-state index contributed by atoms with van der Waals surface area (Å²) in [5.41, 5.74) is 2.61. The van der Waals surface area contributed by atoms with E-state index in [1.807, 2.05) is 24.3 Å². The molecule has 1 atom stereocenters. The van der Waals surface area contributed by atoms with Gasteiger partial charge in [0.1, 0.15) is 12.1 Å². The lowest BCUT2D eigenvalue weighted by Crippen LogP contribution is -2.14. The van der Waals surface area contributed by atoms with E-state index >= 15 is 0 Å². The number of nitrogens with one attached hydrogen (secondary N) is 2. The number of aromatic nitrogens is 2. The van der Waals surface area contributed by atoms with E-state index in [1.165, 1.54) is 18.3 Å². The third kappa shape index (κ3) is 4.37. The Labute approximate surface area is 141 Å². The topological polar surface area (TPSA) is 76.1 Å². The van der Waals surface area contributed by atoms with Gasteiger partial charge >= 0.3 is 0 Å². The Morgan fingerprint density at radius 1 is 1.33 bits per heavy atom.